The summed E-state index contributed by atoms with van der Waals surface area (Å²) < 4.78 is 1.84. The molecule has 1 amide bonds. The first kappa shape index (κ1) is 21.5. The fraction of sp³-hybridized carbons (Fsp3) is 0.348. The molecule has 3 aromatic rings. The zero-order valence-electron chi connectivity index (χ0n) is 17.8. The normalized spacial score (nSPS) is 11.1. The van der Waals surface area contributed by atoms with Crippen molar-refractivity contribution in [3.05, 3.63) is 87.1 Å². The largest absolute Gasteiger partial charge is 0.350 e. The van der Waals surface area contributed by atoms with Gasteiger partial charge in [0.15, 0.2) is 0 Å². The van der Waals surface area contributed by atoms with Gasteiger partial charge in [-0.05, 0) is 44.2 Å². The maximum Gasteiger partial charge on any atom is 0.261 e. The minimum absolute atomic E-state index is 0.123. The van der Waals surface area contributed by atoms with Gasteiger partial charge in [-0.2, -0.15) is 5.10 Å². The summed E-state index contributed by atoms with van der Waals surface area (Å²) in [6.45, 7) is 9.23. The average molecular weight is 408 g/mol. The molecule has 0 aliphatic heterocycles. The molecule has 2 N–H and O–H groups in total. The fourth-order valence-corrected chi connectivity index (χ4v) is 3.42. The van der Waals surface area contributed by atoms with Crippen molar-refractivity contribution in [3.8, 4) is 0 Å². The summed E-state index contributed by atoms with van der Waals surface area (Å²) in [5.74, 6) is -0.374. The highest BCUT2D eigenvalue weighted by Gasteiger charge is 2.12. The minimum atomic E-state index is -0.374. The van der Waals surface area contributed by atoms with Crippen LogP contribution >= 0.6 is 0 Å². The number of aromatic amines is 1. The topological polar surface area (TPSA) is 83.0 Å². The molecule has 7 nitrogen and oxygen atoms in total. The van der Waals surface area contributed by atoms with Crippen molar-refractivity contribution in [2.24, 2.45) is 0 Å². The van der Waals surface area contributed by atoms with Crippen LogP contribution < -0.4 is 10.9 Å². The SMILES string of the molecule is CCN(Cc1ccccc1)Cc1ccc(C(=O)NCCn2nc(C)cc2C)c(=O)[nH]1. The number of nitrogens with one attached hydrogen (secondary N) is 2. The van der Waals surface area contributed by atoms with Crippen LogP contribution in [0.3, 0.4) is 0 Å². The molecule has 158 valence electrons. The number of hydrogen-bond donors (Lipinski definition) is 2. The molecular formula is C23H29N5O2. The number of H-pyrrole nitrogens is 1. The summed E-state index contributed by atoms with van der Waals surface area (Å²) >= 11 is 0. The van der Waals surface area contributed by atoms with E-state index in [1.54, 1.807) is 6.07 Å². The Kier molecular flexibility index (Phi) is 7.19. The molecule has 30 heavy (non-hydrogen) atoms. The molecule has 0 fully saturated rings. The van der Waals surface area contributed by atoms with E-state index in [9.17, 15) is 9.59 Å². The third kappa shape index (κ3) is 5.67. The molecule has 0 spiro atoms. The van der Waals surface area contributed by atoms with Gasteiger partial charge in [-0.25, -0.2) is 0 Å². The van der Waals surface area contributed by atoms with Crippen LogP contribution in [0.15, 0.2) is 53.3 Å². The molecule has 0 aliphatic rings. The number of amides is 1. The molecule has 1 aromatic carbocycles. The van der Waals surface area contributed by atoms with Crippen molar-refractivity contribution in [1.82, 2.24) is 25.0 Å². The van der Waals surface area contributed by atoms with Crippen LogP contribution in [-0.2, 0) is 19.6 Å². The lowest BCUT2D eigenvalue weighted by atomic mass is 10.2. The first-order valence-electron chi connectivity index (χ1n) is 10.2. The number of aryl methyl sites for hydroxylation is 2. The van der Waals surface area contributed by atoms with E-state index in [-0.39, 0.29) is 17.0 Å². The summed E-state index contributed by atoms with van der Waals surface area (Å²) in [4.78, 5) is 29.9. The number of benzene rings is 1. The first-order valence-corrected chi connectivity index (χ1v) is 10.2. The van der Waals surface area contributed by atoms with Gasteiger partial charge >= 0.3 is 0 Å². The highest BCUT2D eigenvalue weighted by atomic mass is 16.2. The lowest BCUT2D eigenvalue weighted by molar-refractivity contribution is 0.0950. The monoisotopic (exact) mass is 407 g/mol. The number of hydrogen-bond acceptors (Lipinski definition) is 4. The maximum atomic E-state index is 12.4. The molecule has 2 heterocycles. The number of pyridine rings is 1. The Hall–Kier alpha value is -3.19. The molecule has 3 rings (SSSR count). The van der Waals surface area contributed by atoms with Crippen LogP contribution in [0.2, 0.25) is 0 Å². The van der Waals surface area contributed by atoms with Crippen LogP contribution in [0.1, 0.15) is 39.9 Å². The standard InChI is InChI=1S/C23H29N5O2/c1-4-27(15-19-8-6-5-7-9-19)16-20-10-11-21(23(30)25-20)22(29)24-12-13-28-18(3)14-17(2)26-28/h5-11,14H,4,12-13,15-16H2,1-3H3,(H,24,29)(H,25,30). The Morgan fingerprint density at radius 2 is 1.90 bits per heavy atom. The molecule has 2 aromatic heterocycles. The summed E-state index contributed by atoms with van der Waals surface area (Å²) in [7, 11) is 0. The molecule has 0 aliphatic carbocycles. The number of nitrogens with zero attached hydrogens (tertiary/aromatic N) is 3. The second kappa shape index (κ2) is 10.0. The van der Waals surface area contributed by atoms with Gasteiger partial charge in [-0.1, -0.05) is 37.3 Å². The highest BCUT2D eigenvalue weighted by Crippen LogP contribution is 2.08. The third-order valence-corrected chi connectivity index (χ3v) is 5.02. The lowest BCUT2D eigenvalue weighted by Gasteiger charge is -2.20. The van der Waals surface area contributed by atoms with Crippen molar-refractivity contribution in [3.63, 3.8) is 0 Å². The van der Waals surface area contributed by atoms with Crippen molar-refractivity contribution in [2.75, 3.05) is 13.1 Å². The Bertz CT molecular complexity index is 1040. The second-order valence-corrected chi connectivity index (χ2v) is 7.42. The van der Waals surface area contributed by atoms with Crippen LogP contribution in [0.5, 0.6) is 0 Å². The van der Waals surface area contributed by atoms with E-state index in [2.05, 4.69) is 39.4 Å². The minimum Gasteiger partial charge on any atom is -0.350 e. The number of carbonyl (C=O) groups is 1. The number of aromatic nitrogens is 3. The van der Waals surface area contributed by atoms with Gasteiger partial charge < -0.3 is 10.3 Å². The van der Waals surface area contributed by atoms with E-state index in [4.69, 9.17) is 0 Å². The van der Waals surface area contributed by atoms with Crippen LogP contribution in [0.4, 0.5) is 0 Å². The van der Waals surface area contributed by atoms with Crippen molar-refractivity contribution in [2.45, 2.75) is 40.4 Å². The zero-order chi connectivity index (χ0) is 21.5. The fourth-order valence-electron chi connectivity index (χ4n) is 3.42. The smallest absolute Gasteiger partial charge is 0.261 e. The van der Waals surface area contributed by atoms with E-state index in [1.807, 2.05) is 48.9 Å². The average Bonchev–Trinajstić information content (AvgIpc) is 3.05. The molecule has 0 atom stereocenters. The predicted molar refractivity (Wildman–Crippen MR) is 117 cm³/mol. The molecular weight excluding hydrogens is 378 g/mol. The van der Waals surface area contributed by atoms with Crippen molar-refractivity contribution < 1.29 is 4.79 Å². The molecule has 0 saturated heterocycles. The molecule has 0 saturated carbocycles. The predicted octanol–water partition coefficient (Wildman–Crippen LogP) is 2.64. The van der Waals surface area contributed by atoms with E-state index in [1.165, 1.54) is 5.56 Å². The van der Waals surface area contributed by atoms with Gasteiger partial charge in [0.2, 0.25) is 0 Å². The first-order chi connectivity index (χ1) is 14.5. The van der Waals surface area contributed by atoms with E-state index >= 15 is 0 Å². The quantitative estimate of drug-likeness (QED) is 0.571. The molecule has 0 radical (unpaired) electrons. The molecule has 0 unspecified atom stereocenters. The lowest BCUT2D eigenvalue weighted by Crippen LogP contribution is -2.33. The summed E-state index contributed by atoms with van der Waals surface area (Å²) in [6, 6.07) is 15.6. The second-order valence-electron chi connectivity index (χ2n) is 7.42. The highest BCUT2D eigenvalue weighted by molar-refractivity contribution is 5.93. The zero-order valence-corrected chi connectivity index (χ0v) is 17.8. The van der Waals surface area contributed by atoms with Crippen LogP contribution in [0.25, 0.3) is 0 Å². The molecule has 7 heteroatoms. The van der Waals surface area contributed by atoms with Gasteiger partial charge in [-0.3, -0.25) is 19.2 Å². The van der Waals surface area contributed by atoms with Gasteiger partial charge in [0, 0.05) is 31.0 Å². The van der Waals surface area contributed by atoms with E-state index in [0.717, 1.165) is 30.2 Å². The Balaban J connectivity index is 1.57. The maximum absolute atomic E-state index is 12.4. The van der Waals surface area contributed by atoms with E-state index in [0.29, 0.717) is 19.6 Å². The number of rotatable bonds is 9. The van der Waals surface area contributed by atoms with Crippen molar-refractivity contribution in [1.29, 1.82) is 0 Å². The summed E-state index contributed by atoms with van der Waals surface area (Å²) in [5.41, 5.74) is 3.75. The van der Waals surface area contributed by atoms with Gasteiger partial charge in [0.05, 0.1) is 12.2 Å². The summed E-state index contributed by atoms with van der Waals surface area (Å²) in [5, 5.41) is 7.17. The summed E-state index contributed by atoms with van der Waals surface area (Å²) in [6.07, 6.45) is 0. The Labute approximate surface area is 176 Å². The van der Waals surface area contributed by atoms with Gasteiger partial charge in [0.1, 0.15) is 5.56 Å². The van der Waals surface area contributed by atoms with Gasteiger partial charge in [-0.15, -0.1) is 0 Å². The Morgan fingerprint density at radius 1 is 1.13 bits per heavy atom. The molecule has 0 bridgehead atoms. The van der Waals surface area contributed by atoms with Crippen LogP contribution in [-0.4, -0.2) is 38.7 Å². The van der Waals surface area contributed by atoms with Crippen LogP contribution in [0, 0.1) is 13.8 Å². The number of carbonyl (C=O) groups excluding carboxylic acids is 1. The van der Waals surface area contributed by atoms with E-state index < -0.39 is 0 Å². The Morgan fingerprint density at radius 3 is 2.53 bits per heavy atom. The van der Waals surface area contributed by atoms with Crippen molar-refractivity contribution >= 4 is 5.91 Å². The van der Waals surface area contributed by atoms with Gasteiger partial charge in [0.25, 0.3) is 11.5 Å². The third-order valence-electron chi connectivity index (χ3n) is 5.02.